The van der Waals surface area contributed by atoms with E-state index in [9.17, 15) is 57.8 Å². The van der Waals surface area contributed by atoms with Crippen molar-refractivity contribution >= 4 is 117 Å². The van der Waals surface area contributed by atoms with Crippen molar-refractivity contribution in [1.82, 2.24) is 34.3 Å². The number of nitrogens with two attached hydrogens (primary N) is 1. The van der Waals surface area contributed by atoms with E-state index < -0.39 is 23.8 Å². The summed E-state index contributed by atoms with van der Waals surface area (Å²) < 4.78 is 27.9. The second-order valence-electron chi connectivity index (χ2n) is 31.3. The Balaban J connectivity index is 0.000000428. The number of rotatable bonds is 45. The topological polar surface area (TPSA) is 360 Å². The molecule has 0 fully saturated rings. The van der Waals surface area contributed by atoms with Crippen molar-refractivity contribution in [2.24, 2.45) is 27.6 Å². The van der Waals surface area contributed by atoms with Crippen molar-refractivity contribution < 1.29 is 86.6 Å². The lowest BCUT2D eigenvalue weighted by Crippen LogP contribution is -2.32. The summed E-state index contributed by atoms with van der Waals surface area (Å²) in [5.74, 6) is -1.77. The number of carboxylic acids is 1. The molecule has 4 aromatic rings. The van der Waals surface area contributed by atoms with Gasteiger partial charge in [0.1, 0.15) is 29.1 Å². The van der Waals surface area contributed by atoms with Crippen molar-refractivity contribution in [1.29, 1.82) is 0 Å². The van der Waals surface area contributed by atoms with Gasteiger partial charge in [0.25, 0.3) is 35.4 Å². The number of anilines is 1. The number of unbranched alkanes of at least 4 members (excludes halogenated alkanes) is 7. The number of carbonyl (C=O) groups is 11. The first-order chi connectivity index (χ1) is 58.6. The summed E-state index contributed by atoms with van der Waals surface area (Å²) in [4.78, 5) is 157. The van der Waals surface area contributed by atoms with Gasteiger partial charge in [0.15, 0.2) is 11.5 Å². The fraction of sp³-hybridized carbons (Fsp3) is 0.511. The number of hydrogen-bond donors (Lipinski definition) is 4. The quantitative estimate of drug-likeness (QED) is 0.0138. The second kappa shape index (κ2) is 52.7. The molecule has 0 aromatic heterocycles. The average molecular weight is 1710 g/mol. The number of hydrogen-bond acceptors (Lipinski definition) is 23. The summed E-state index contributed by atoms with van der Waals surface area (Å²) in [6, 6.07) is 21.4. The maximum atomic E-state index is 14.2. The number of ether oxygens (including phenoxy) is 5. The van der Waals surface area contributed by atoms with Crippen molar-refractivity contribution in [2.45, 2.75) is 173 Å². The van der Waals surface area contributed by atoms with Gasteiger partial charge in [-0.2, -0.15) is 0 Å². The standard InChI is InChI=1S/C61H67N7O10.C19H30N2O5.C9H20N2O2.C2H6O.CH3Cl/c1-39-28-50-52(62-35-46-30-44(38-67(46)60(50)73)41-16-20-49(75-4)21-17-41)33-54(39)77-26-11-27-78-56-34-53-51(32-55(56)76-5)61(74)68-37-43(29-47(68)36-63-53)40-14-18-45(19-15-40)64-59(72)42(12-8-10-24-65(2)3)31-48(69)13-7-6-9-25-66-57(70)22-23-58(66)71;1-20(2)12-7-5-8-15(19(25)26)14-16(22)9-4-3-6-13-21-17(23)10-11-18(21)24;1-11(2)7-5-4-6-8(10)9(12)13-3;1-2-3;1-2/h14-23,28,32-38,42,46-47H,6-13,24-27,29-31H2,1-5H3,(H,64,72);10-11,15H,3-9,12-14H2,1-2H3,(H,25,26);8H,4-7,10H2,1-3H3;3H,2H2,1H3;1H3/t42?,46-,47-;;8-;;/m0.0../s1. The van der Waals surface area contributed by atoms with E-state index >= 15 is 0 Å². The molecule has 6 heterocycles. The fourth-order valence-electron chi connectivity index (χ4n) is 14.3. The number of nitrogens with zero attached hydrogens (tertiary/aromatic N) is 9. The van der Waals surface area contributed by atoms with Crippen LogP contribution in [0, 0.1) is 18.8 Å². The zero-order chi connectivity index (χ0) is 89.4. The highest BCUT2D eigenvalue weighted by Gasteiger charge is 2.36. The summed E-state index contributed by atoms with van der Waals surface area (Å²) in [5.41, 5.74) is 12.9. The molecule has 5 N–H and O–H groups in total. The van der Waals surface area contributed by atoms with E-state index in [0.717, 1.165) is 98.2 Å². The minimum Gasteiger partial charge on any atom is -0.497 e. The van der Waals surface area contributed by atoms with E-state index in [0.29, 0.717) is 155 Å². The Labute approximate surface area is 723 Å². The Bertz CT molecular complexity index is 4330. The summed E-state index contributed by atoms with van der Waals surface area (Å²) in [6.07, 6.45) is 27.8. The molecule has 7 amide bonds. The van der Waals surface area contributed by atoms with Crippen LogP contribution in [0.15, 0.2) is 119 Å². The van der Waals surface area contributed by atoms with Crippen LogP contribution < -0.4 is 30.0 Å². The van der Waals surface area contributed by atoms with Gasteiger partial charge in [-0.1, -0.05) is 56.4 Å². The number of ketones is 2. The normalized spacial score (nSPS) is 16.0. The number of aliphatic hydroxyl groups is 1. The number of halogens is 1. The Kier molecular flexibility index (Phi) is 43.3. The number of esters is 1. The predicted octanol–water partition coefficient (Wildman–Crippen LogP) is 12.5. The number of nitrogens with one attached hydrogen (secondary N) is 1. The largest absolute Gasteiger partial charge is 0.497 e. The first kappa shape index (κ1) is 100. The van der Waals surface area contributed by atoms with Gasteiger partial charge in [-0.15, -0.1) is 11.6 Å². The molecule has 10 rings (SSSR count). The molecular weight excluding hydrogens is 1580 g/mol. The second-order valence-corrected chi connectivity index (χ2v) is 31.3. The van der Waals surface area contributed by atoms with E-state index in [1.165, 1.54) is 54.7 Å². The van der Waals surface area contributed by atoms with Crippen molar-refractivity contribution in [3.8, 4) is 23.0 Å². The number of aryl methyl sites for hydroxylation is 1. The molecule has 2 unspecified atom stereocenters. The zero-order valence-corrected chi connectivity index (χ0v) is 73.8. The number of methoxy groups -OCH3 is 3. The monoisotopic (exact) mass is 1710 g/mol. The first-order valence-corrected chi connectivity index (χ1v) is 42.7. The number of aliphatic hydroxyl groups excluding tert-OH is 1. The van der Waals surface area contributed by atoms with Crippen molar-refractivity contribution in [3.63, 3.8) is 0 Å². The van der Waals surface area contributed by atoms with Gasteiger partial charge in [-0.25, -0.2) is 0 Å². The predicted molar refractivity (Wildman–Crippen MR) is 474 cm³/mol. The van der Waals surface area contributed by atoms with Crippen LogP contribution in [-0.4, -0.2) is 262 Å². The average Bonchev–Trinajstić information content (AvgIpc) is 1.63. The molecule has 29 nitrogen and oxygen atoms in total. The van der Waals surface area contributed by atoms with Crippen LogP contribution in [0.2, 0.25) is 0 Å². The molecule has 5 atom stereocenters. The smallest absolute Gasteiger partial charge is 0.322 e. The van der Waals surface area contributed by atoms with Gasteiger partial charge in [-0.05, 0) is 204 Å². The van der Waals surface area contributed by atoms with Gasteiger partial charge in [0, 0.05) is 144 Å². The Morgan fingerprint density at radius 2 is 0.967 bits per heavy atom. The molecule has 0 saturated heterocycles. The number of carboxylic acid groups (broad SMARTS) is 1. The Morgan fingerprint density at radius 3 is 1.41 bits per heavy atom. The van der Waals surface area contributed by atoms with E-state index in [4.69, 9.17) is 39.8 Å². The molecule has 0 saturated carbocycles. The SMILES string of the molecule is CCO.CCl.CN(C)CCCCC(CC(=O)CCCCCN1C(=O)C=CC1=O)C(=O)O.COC(=O)[C@@H](N)CCCCN(C)C.COc1ccc(C2=CN3C(=O)c4cc(C)c(OCCCOc5cc6c(cc5OC)C(=O)N5C=C(c7ccc(NC(=O)C(CCCCN(C)C)CC(=O)CCCCCN8C(=O)C=CC8=O)cc7)C[C@H]5C=N6)cc4N=C[C@@H]3C2)cc1. The van der Waals surface area contributed by atoms with Gasteiger partial charge in [0.2, 0.25) is 5.91 Å². The Hall–Kier alpha value is -10.6. The van der Waals surface area contributed by atoms with Crippen LogP contribution in [0.4, 0.5) is 17.1 Å². The summed E-state index contributed by atoms with van der Waals surface area (Å²) in [5, 5.41) is 19.9. The first-order valence-electron chi connectivity index (χ1n) is 42.0. The summed E-state index contributed by atoms with van der Waals surface area (Å²) in [7, 11) is 16.6. The van der Waals surface area contributed by atoms with Gasteiger partial charge in [0.05, 0.1) is 75.0 Å². The number of Topliss-reactive ketones (excluding diaryl/α,β-unsaturated/α-hetero) is 2. The number of alkyl halides is 1. The van der Waals surface area contributed by atoms with Gasteiger partial charge < -0.3 is 69.4 Å². The number of amides is 7. The third-order valence-electron chi connectivity index (χ3n) is 21.1. The lowest BCUT2D eigenvalue weighted by Gasteiger charge is -2.19. The van der Waals surface area contributed by atoms with Crippen LogP contribution in [0.1, 0.15) is 186 Å². The molecule has 0 spiro atoms. The zero-order valence-electron chi connectivity index (χ0n) is 73.1. The molecular formula is C92H126ClN11O18. The molecule has 0 bridgehead atoms. The molecule has 122 heavy (non-hydrogen) atoms. The third-order valence-corrected chi connectivity index (χ3v) is 21.1. The van der Waals surface area contributed by atoms with Crippen LogP contribution in [-0.2, 0) is 47.9 Å². The maximum Gasteiger partial charge on any atom is 0.322 e. The highest BCUT2D eigenvalue weighted by molar-refractivity contribution is 6.15. The Morgan fingerprint density at radius 1 is 0.541 bits per heavy atom. The van der Waals surface area contributed by atoms with Crippen LogP contribution in [0.5, 0.6) is 23.0 Å². The van der Waals surface area contributed by atoms with E-state index in [1.54, 1.807) is 42.2 Å². The van der Waals surface area contributed by atoms with Crippen molar-refractivity contribution in [2.75, 3.05) is 128 Å². The van der Waals surface area contributed by atoms with Crippen molar-refractivity contribution in [3.05, 3.63) is 137 Å². The van der Waals surface area contributed by atoms with Crippen LogP contribution >= 0.6 is 11.6 Å². The lowest BCUT2D eigenvalue weighted by atomic mass is 9.93. The molecule has 30 heteroatoms. The number of imide groups is 2. The number of aliphatic imine (C=N–C) groups is 2. The third kappa shape index (κ3) is 32.0. The highest BCUT2D eigenvalue weighted by atomic mass is 35.5. The summed E-state index contributed by atoms with van der Waals surface area (Å²) >= 11 is 4.64. The number of aliphatic carboxylic acids is 1. The lowest BCUT2D eigenvalue weighted by molar-refractivity contribution is -0.144. The van der Waals surface area contributed by atoms with Gasteiger partial charge in [-0.3, -0.25) is 72.5 Å². The summed E-state index contributed by atoms with van der Waals surface area (Å²) in [6.45, 7) is 8.01. The molecule has 6 aliphatic heterocycles. The van der Waals surface area contributed by atoms with Gasteiger partial charge >= 0.3 is 11.9 Å². The van der Waals surface area contributed by atoms with E-state index in [2.05, 4.69) is 36.4 Å². The van der Waals surface area contributed by atoms with E-state index in [1.807, 2.05) is 128 Å². The molecule has 6 aliphatic rings. The minimum absolute atomic E-state index is 0.0184. The molecule has 0 aliphatic carbocycles. The van der Waals surface area contributed by atoms with Crippen LogP contribution in [0.3, 0.4) is 0 Å². The number of fused-ring (bicyclic) bond motifs is 4. The molecule has 664 valence electrons. The number of benzene rings is 4. The number of carbonyl (C=O) groups excluding carboxylic acids is 10. The van der Waals surface area contributed by atoms with E-state index in [-0.39, 0.29) is 90.4 Å². The minimum atomic E-state index is -0.901. The van der Waals surface area contributed by atoms with Crippen LogP contribution in [0.25, 0.3) is 11.1 Å². The fourth-order valence-corrected chi connectivity index (χ4v) is 14.3. The highest BCUT2D eigenvalue weighted by Crippen LogP contribution is 2.42. The molecule has 4 aromatic carbocycles. The molecule has 0 radical (unpaired) electrons. The maximum absolute atomic E-state index is 14.2.